The molecule has 0 aromatic heterocycles. The van der Waals surface area contributed by atoms with Crippen LogP contribution in [0.3, 0.4) is 0 Å². The zero-order valence-electron chi connectivity index (χ0n) is 12.1. The fraction of sp³-hybridized carbons (Fsp3) is 0.235. The van der Waals surface area contributed by atoms with E-state index in [-0.39, 0.29) is 0 Å². The SMILES string of the molecule is COc1ccc(C#N)c(OCCOc2ccc(C)cc2)c1. The first-order valence-electron chi connectivity index (χ1n) is 6.63. The van der Waals surface area contributed by atoms with Gasteiger partial charge in [-0.1, -0.05) is 17.7 Å². The Bertz CT molecular complexity index is 629. The fourth-order valence-electron chi connectivity index (χ4n) is 1.79. The third-order valence-electron chi connectivity index (χ3n) is 2.94. The molecule has 0 bridgehead atoms. The molecule has 0 saturated carbocycles. The van der Waals surface area contributed by atoms with Gasteiger partial charge < -0.3 is 14.2 Å². The minimum Gasteiger partial charge on any atom is -0.497 e. The average molecular weight is 283 g/mol. The lowest BCUT2D eigenvalue weighted by molar-refractivity contribution is 0.216. The number of nitrogens with zero attached hydrogens (tertiary/aromatic N) is 1. The van der Waals surface area contributed by atoms with E-state index >= 15 is 0 Å². The molecule has 0 heterocycles. The maximum atomic E-state index is 9.04. The molecule has 0 spiro atoms. The predicted molar refractivity (Wildman–Crippen MR) is 79.9 cm³/mol. The smallest absolute Gasteiger partial charge is 0.140 e. The minimum atomic E-state index is 0.357. The number of aryl methyl sites for hydroxylation is 1. The fourth-order valence-corrected chi connectivity index (χ4v) is 1.79. The second-order valence-corrected chi connectivity index (χ2v) is 4.48. The van der Waals surface area contributed by atoms with Gasteiger partial charge in [0.05, 0.1) is 12.7 Å². The number of methoxy groups -OCH3 is 1. The van der Waals surface area contributed by atoms with Crippen LogP contribution < -0.4 is 14.2 Å². The molecule has 0 aliphatic carbocycles. The summed E-state index contributed by atoms with van der Waals surface area (Å²) in [6.45, 7) is 2.79. The predicted octanol–water partition coefficient (Wildman–Crippen LogP) is 3.33. The molecular formula is C17H17NO3. The van der Waals surface area contributed by atoms with Gasteiger partial charge in [0.2, 0.25) is 0 Å². The van der Waals surface area contributed by atoms with E-state index in [9.17, 15) is 0 Å². The molecule has 0 N–H and O–H groups in total. The van der Waals surface area contributed by atoms with E-state index in [4.69, 9.17) is 19.5 Å². The van der Waals surface area contributed by atoms with Crippen molar-refractivity contribution in [1.82, 2.24) is 0 Å². The minimum absolute atomic E-state index is 0.357. The van der Waals surface area contributed by atoms with Crippen LogP contribution in [0.4, 0.5) is 0 Å². The number of nitriles is 1. The Morgan fingerprint density at radius 1 is 0.952 bits per heavy atom. The monoisotopic (exact) mass is 283 g/mol. The highest BCUT2D eigenvalue weighted by molar-refractivity contribution is 5.47. The van der Waals surface area contributed by atoms with Gasteiger partial charge in [-0.05, 0) is 31.2 Å². The van der Waals surface area contributed by atoms with Gasteiger partial charge >= 0.3 is 0 Å². The van der Waals surface area contributed by atoms with E-state index < -0.39 is 0 Å². The van der Waals surface area contributed by atoms with E-state index in [1.807, 2.05) is 31.2 Å². The lowest BCUT2D eigenvalue weighted by atomic mass is 10.2. The summed E-state index contributed by atoms with van der Waals surface area (Å²) in [6.07, 6.45) is 0. The van der Waals surface area contributed by atoms with Gasteiger partial charge in [-0.15, -0.1) is 0 Å². The Kier molecular flexibility index (Phi) is 5.05. The van der Waals surface area contributed by atoms with Gasteiger partial charge in [-0.2, -0.15) is 5.26 Å². The molecule has 0 aliphatic heterocycles. The third kappa shape index (κ3) is 4.15. The first-order valence-corrected chi connectivity index (χ1v) is 6.63. The van der Waals surface area contributed by atoms with Crippen LogP contribution in [0.25, 0.3) is 0 Å². The summed E-state index contributed by atoms with van der Waals surface area (Å²) in [5, 5.41) is 9.04. The van der Waals surface area contributed by atoms with Crippen LogP contribution in [0.5, 0.6) is 17.2 Å². The average Bonchev–Trinajstić information content (AvgIpc) is 2.53. The number of hydrogen-bond acceptors (Lipinski definition) is 4. The number of ether oxygens (including phenoxy) is 3. The van der Waals surface area contributed by atoms with Crippen molar-refractivity contribution < 1.29 is 14.2 Å². The summed E-state index contributed by atoms with van der Waals surface area (Å²) in [5.41, 5.74) is 1.67. The van der Waals surface area contributed by atoms with Gasteiger partial charge in [0.1, 0.15) is 36.5 Å². The zero-order valence-corrected chi connectivity index (χ0v) is 12.1. The number of benzene rings is 2. The zero-order chi connectivity index (χ0) is 15.1. The summed E-state index contributed by atoms with van der Waals surface area (Å²) >= 11 is 0. The summed E-state index contributed by atoms with van der Waals surface area (Å²) in [5.74, 6) is 1.96. The first-order chi connectivity index (χ1) is 10.2. The Balaban J connectivity index is 1.88. The number of hydrogen-bond donors (Lipinski definition) is 0. The highest BCUT2D eigenvalue weighted by Gasteiger charge is 2.05. The standard InChI is InChI=1S/C17H17NO3/c1-13-3-6-15(7-4-13)20-9-10-21-17-11-16(19-2)8-5-14(17)12-18/h3-8,11H,9-10H2,1-2H3. The maximum Gasteiger partial charge on any atom is 0.140 e. The topological polar surface area (TPSA) is 51.5 Å². The second-order valence-electron chi connectivity index (χ2n) is 4.48. The van der Waals surface area contributed by atoms with Gasteiger partial charge in [-0.25, -0.2) is 0 Å². The van der Waals surface area contributed by atoms with E-state index in [1.54, 1.807) is 25.3 Å². The molecule has 0 atom stereocenters. The lowest BCUT2D eigenvalue weighted by Gasteiger charge is -2.10. The van der Waals surface area contributed by atoms with E-state index in [1.165, 1.54) is 5.56 Å². The van der Waals surface area contributed by atoms with Crippen LogP contribution in [0.2, 0.25) is 0 Å². The van der Waals surface area contributed by atoms with Crippen LogP contribution in [0.15, 0.2) is 42.5 Å². The van der Waals surface area contributed by atoms with Gasteiger partial charge in [-0.3, -0.25) is 0 Å². The third-order valence-corrected chi connectivity index (χ3v) is 2.94. The summed E-state index contributed by atoms with van der Waals surface area (Å²) in [4.78, 5) is 0. The van der Waals surface area contributed by atoms with Crippen LogP contribution in [0.1, 0.15) is 11.1 Å². The molecule has 4 heteroatoms. The van der Waals surface area contributed by atoms with Crippen LogP contribution in [-0.4, -0.2) is 20.3 Å². The van der Waals surface area contributed by atoms with E-state index in [0.29, 0.717) is 30.3 Å². The molecule has 21 heavy (non-hydrogen) atoms. The van der Waals surface area contributed by atoms with Crippen molar-refractivity contribution in [3.05, 3.63) is 53.6 Å². The van der Waals surface area contributed by atoms with Gasteiger partial charge in [0.15, 0.2) is 0 Å². The van der Waals surface area contributed by atoms with Crippen molar-refractivity contribution in [2.24, 2.45) is 0 Å². The molecule has 2 aromatic rings. The first kappa shape index (κ1) is 14.7. The quantitative estimate of drug-likeness (QED) is 0.763. The highest BCUT2D eigenvalue weighted by atomic mass is 16.5. The molecule has 0 amide bonds. The molecule has 2 aromatic carbocycles. The Labute approximate surface area is 124 Å². The van der Waals surface area contributed by atoms with E-state index in [2.05, 4.69) is 6.07 Å². The van der Waals surface area contributed by atoms with Crippen molar-refractivity contribution in [3.8, 4) is 23.3 Å². The Hall–Kier alpha value is -2.67. The molecule has 0 saturated heterocycles. The normalized spacial score (nSPS) is 9.76. The second kappa shape index (κ2) is 7.20. The maximum absolute atomic E-state index is 9.04. The number of rotatable bonds is 6. The van der Waals surface area contributed by atoms with Crippen molar-refractivity contribution in [2.75, 3.05) is 20.3 Å². The van der Waals surface area contributed by atoms with Crippen molar-refractivity contribution >= 4 is 0 Å². The molecule has 108 valence electrons. The van der Waals surface area contributed by atoms with Crippen molar-refractivity contribution in [3.63, 3.8) is 0 Å². The van der Waals surface area contributed by atoms with Crippen LogP contribution in [0, 0.1) is 18.3 Å². The van der Waals surface area contributed by atoms with E-state index in [0.717, 1.165) is 5.75 Å². The largest absolute Gasteiger partial charge is 0.497 e. The Morgan fingerprint density at radius 3 is 2.29 bits per heavy atom. The van der Waals surface area contributed by atoms with Gasteiger partial charge in [0, 0.05) is 6.07 Å². The summed E-state index contributed by atoms with van der Waals surface area (Å²) < 4.78 is 16.3. The summed E-state index contributed by atoms with van der Waals surface area (Å²) in [6, 6.07) is 15.0. The Morgan fingerprint density at radius 2 is 1.62 bits per heavy atom. The van der Waals surface area contributed by atoms with Crippen LogP contribution >= 0.6 is 0 Å². The summed E-state index contributed by atoms with van der Waals surface area (Å²) in [7, 11) is 1.58. The molecule has 4 nitrogen and oxygen atoms in total. The highest BCUT2D eigenvalue weighted by Crippen LogP contribution is 2.24. The lowest BCUT2D eigenvalue weighted by Crippen LogP contribution is -2.09. The van der Waals surface area contributed by atoms with Crippen molar-refractivity contribution in [1.29, 1.82) is 5.26 Å². The van der Waals surface area contributed by atoms with Crippen molar-refractivity contribution in [2.45, 2.75) is 6.92 Å². The van der Waals surface area contributed by atoms with Gasteiger partial charge in [0.25, 0.3) is 0 Å². The molecule has 2 rings (SSSR count). The molecule has 0 unspecified atom stereocenters. The molecule has 0 fully saturated rings. The van der Waals surface area contributed by atoms with Crippen LogP contribution in [-0.2, 0) is 0 Å². The molecular weight excluding hydrogens is 266 g/mol. The molecule has 0 aliphatic rings. The molecule has 0 radical (unpaired) electrons.